The van der Waals surface area contributed by atoms with E-state index in [0.29, 0.717) is 5.92 Å². The summed E-state index contributed by atoms with van der Waals surface area (Å²) in [5.41, 5.74) is 1.29. The van der Waals surface area contributed by atoms with E-state index in [4.69, 9.17) is 9.47 Å². The minimum Gasteiger partial charge on any atom is -0.497 e. The highest BCUT2D eigenvalue weighted by molar-refractivity contribution is 7.20. The summed E-state index contributed by atoms with van der Waals surface area (Å²) in [6, 6.07) is 8.36. The Balaban J connectivity index is 2.48. The molecule has 1 unspecified atom stereocenters. The van der Waals surface area contributed by atoms with Crippen LogP contribution < -0.4 is 4.74 Å². The summed E-state index contributed by atoms with van der Waals surface area (Å²) < 4.78 is 12.3. The van der Waals surface area contributed by atoms with Gasteiger partial charge in [-0.1, -0.05) is 13.0 Å². The molecule has 118 valence electrons. The van der Waals surface area contributed by atoms with Crippen molar-refractivity contribution in [3.05, 3.63) is 47.4 Å². The van der Waals surface area contributed by atoms with Crippen LogP contribution in [-0.2, 0) is 4.74 Å². The lowest BCUT2D eigenvalue weighted by Gasteiger charge is -2.17. The van der Waals surface area contributed by atoms with Crippen molar-refractivity contribution in [2.24, 2.45) is 5.92 Å². The van der Waals surface area contributed by atoms with Crippen molar-refractivity contribution < 1.29 is 9.47 Å². The lowest BCUT2D eigenvalue weighted by molar-refractivity contribution is 0.362. The Kier molecular flexibility index (Phi) is 5.67. The molecule has 22 heavy (non-hydrogen) atoms. The first-order valence-electron chi connectivity index (χ1n) is 7.58. The molecule has 1 heterocycles. The maximum Gasteiger partial charge on any atom is 0.135 e. The van der Waals surface area contributed by atoms with Crippen LogP contribution in [0.1, 0.15) is 31.6 Å². The van der Waals surface area contributed by atoms with Gasteiger partial charge >= 0.3 is 0 Å². The van der Waals surface area contributed by atoms with Gasteiger partial charge in [-0.05, 0) is 60.9 Å². The van der Waals surface area contributed by atoms with Gasteiger partial charge in [0.15, 0.2) is 0 Å². The number of hydrogen-bond donors (Lipinski definition) is 0. The molecule has 2 nitrogen and oxygen atoms in total. The molecule has 0 aliphatic carbocycles. The maximum atomic E-state index is 5.74. The molecule has 1 aromatic heterocycles. The van der Waals surface area contributed by atoms with Crippen molar-refractivity contribution in [1.29, 1.82) is 0 Å². The van der Waals surface area contributed by atoms with E-state index in [1.54, 1.807) is 25.6 Å². The first-order valence-corrected chi connectivity index (χ1v) is 8.39. The number of hydrogen-bond acceptors (Lipinski definition) is 3. The molecular formula is C19H24O2S. The van der Waals surface area contributed by atoms with Crippen LogP contribution in [0.25, 0.3) is 15.8 Å². The van der Waals surface area contributed by atoms with Crippen LogP contribution in [-0.4, -0.2) is 14.2 Å². The Morgan fingerprint density at radius 2 is 2.09 bits per heavy atom. The molecule has 0 N–H and O–H groups in total. The predicted octanol–water partition coefficient (Wildman–Crippen LogP) is 5.89. The van der Waals surface area contributed by atoms with Crippen molar-refractivity contribution in [2.75, 3.05) is 14.2 Å². The van der Waals surface area contributed by atoms with Crippen LogP contribution in [0, 0.1) is 5.92 Å². The monoisotopic (exact) mass is 316 g/mol. The van der Waals surface area contributed by atoms with Gasteiger partial charge in [0.1, 0.15) is 11.5 Å². The molecule has 0 radical (unpaired) electrons. The molecule has 1 aromatic carbocycles. The Hall–Kier alpha value is -1.74. The Bertz CT molecular complexity index is 682. The lowest BCUT2D eigenvalue weighted by Crippen LogP contribution is -2.03. The van der Waals surface area contributed by atoms with E-state index in [-0.39, 0.29) is 0 Å². The van der Waals surface area contributed by atoms with Gasteiger partial charge in [0.05, 0.1) is 19.1 Å². The fourth-order valence-corrected chi connectivity index (χ4v) is 3.88. The van der Waals surface area contributed by atoms with E-state index in [1.165, 1.54) is 20.5 Å². The summed E-state index contributed by atoms with van der Waals surface area (Å²) in [7, 11) is 3.45. The standard InChI is InChI=1S/C19H24O2S/c1-6-8-14(7-2)13(3)19(21-5)18-12-15-11-16(20-4)9-10-17(15)22-18/h6,9-12,14H,1,7-8H2,2-5H3/b19-13+. The third kappa shape index (κ3) is 3.36. The van der Waals surface area contributed by atoms with Crippen molar-refractivity contribution in [1.82, 2.24) is 0 Å². The van der Waals surface area contributed by atoms with Crippen LogP contribution in [0.3, 0.4) is 0 Å². The van der Waals surface area contributed by atoms with Gasteiger partial charge in [0, 0.05) is 4.70 Å². The number of benzene rings is 1. The molecule has 0 saturated heterocycles. The van der Waals surface area contributed by atoms with Gasteiger partial charge in [0.2, 0.25) is 0 Å². The third-order valence-corrected chi connectivity index (χ3v) is 5.18. The largest absolute Gasteiger partial charge is 0.497 e. The van der Waals surface area contributed by atoms with Crippen molar-refractivity contribution in [3.63, 3.8) is 0 Å². The van der Waals surface area contributed by atoms with Gasteiger partial charge in [-0.3, -0.25) is 0 Å². The minimum atomic E-state index is 0.479. The first kappa shape index (κ1) is 16.6. The van der Waals surface area contributed by atoms with Crippen molar-refractivity contribution in [3.8, 4) is 5.75 Å². The molecule has 2 rings (SSSR count). The van der Waals surface area contributed by atoms with Crippen molar-refractivity contribution in [2.45, 2.75) is 26.7 Å². The van der Waals surface area contributed by atoms with Crippen molar-refractivity contribution >= 4 is 27.2 Å². The van der Waals surface area contributed by atoms with E-state index in [2.05, 4.69) is 38.6 Å². The van der Waals surface area contributed by atoms with Crippen LogP contribution in [0.5, 0.6) is 5.75 Å². The van der Waals surface area contributed by atoms with E-state index >= 15 is 0 Å². The predicted molar refractivity (Wildman–Crippen MR) is 96.6 cm³/mol. The van der Waals surface area contributed by atoms with E-state index < -0.39 is 0 Å². The first-order chi connectivity index (χ1) is 10.6. The normalized spacial score (nSPS) is 13.6. The highest BCUT2D eigenvalue weighted by Gasteiger charge is 2.16. The number of fused-ring (bicyclic) bond motifs is 1. The van der Waals surface area contributed by atoms with Gasteiger partial charge in [-0.25, -0.2) is 0 Å². The summed E-state index contributed by atoms with van der Waals surface area (Å²) in [5.74, 6) is 2.36. The molecule has 0 aliphatic rings. The highest BCUT2D eigenvalue weighted by atomic mass is 32.1. The van der Waals surface area contributed by atoms with E-state index in [1.807, 2.05) is 12.1 Å². The second-order valence-corrected chi connectivity index (χ2v) is 6.44. The molecule has 2 aromatic rings. The quantitative estimate of drug-likeness (QED) is 0.468. The summed E-state index contributed by atoms with van der Waals surface area (Å²) in [4.78, 5) is 1.17. The SMILES string of the molecule is C=CCC(CC)/C(C)=C(/OC)c1cc2cc(OC)ccc2s1. The van der Waals surface area contributed by atoms with Gasteiger partial charge < -0.3 is 9.47 Å². The van der Waals surface area contributed by atoms with Crippen LogP contribution >= 0.6 is 11.3 Å². The summed E-state index contributed by atoms with van der Waals surface area (Å²) >= 11 is 1.76. The van der Waals surface area contributed by atoms with Gasteiger partial charge in [-0.15, -0.1) is 17.9 Å². The second kappa shape index (κ2) is 7.50. The number of allylic oxidation sites excluding steroid dienone is 2. The number of methoxy groups -OCH3 is 2. The van der Waals surface area contributed by atoms with Gasteiger partial charge in [-0.2, -0.15) is 0 Å². The zero-order valence-corrected chi connectivity index (χ0v) is 14.6. The van der Waals surface area contributed by atoms with Crippen LogP contribution in [0.15, 0.2) is 42.5 Å². The fraction of sp³-hybridized carbons (Fsp3) is 0.368. The maximum absolute atomic E-state index is 5.74. The van der Waals surface area contributed by atoms with Crippen LogP contribution in [0.2, 0.25) is 0 Å². The van der Waals surface area contributed by atoms with Crippen LogP contribution in [0.4, 0.5) is 0 Å². The molecule has 3 heteroatoms. The Morgan fingerprint density at radius 1 is 1.32 bits per heavy atom. The zero-order valence-electron chi connectivity index (χ0n) is 13.8. The number of ether oxygens (including phenoxy) is 2. The Morgan fingerprint density at radius 3 is 2.68 bits per heavy atom. The summed E-state index contributed by atoms with van der Waals surface area (Å²) in [5, 5.41) is 1.19. The van der Waals surface area contributed by atoms with E-state index in [9.17, 15) is 0 Å². The zero-order chi connectivity index (χ0) is 16.1. The summed E-state index contributed by atoms with van der Waals surface area (Å²) in [6.45, 7) is 8.25. The molecule has 0 spiro atoms. The van der Waals surface area contributed by atoms with Gasteiger partial charge in [0.25, 0.3) is 0 Å². The summed E-state index contributed by atoms with van der Waals surface area (Å²) in [6.07, 6.45) is 4.05. The number of thiophene rings is 1. The molecule has 0 fully saturated rings. The fourth-order valence-electron chi connectivity index (χ4n) is 2.75. The minimum absolute atomic E-state index is 0.479. The molecule has 0 saturated carbocycles. The highest BCUT2D eigenvalue weighted by Crippen LogP contribution is 2.36. The smallest absolute Gasteiger partial charge is 0.135 e. The third-order valence-electron chi connectivity index (χ3n) is 4.07. The molecule has 0 aliphatic heterocycles. The second-order valence-electron chi connectivity index (χ2n) is 5.36. The molecule has 1 atom stereocenters. The molecular weight excluding hydrogens is 292 g/mol. The molecule has 0 bridgehead atoms. The average Bonchev–Trinajstić information content (AvgIpc) is 2.95. The Labute approximate surface area is 137 Å². The molecule has 0 amide bonds. The average molecular weight is 316 g/mol. The lowest BCUT2D eigenvalue weighted by atomic mass is 9.93. The number of rotatable bonds is 7. The topological polar surface area (TPSA) is 18.5 Å². The van der Waals surface area contributed by atoms with E-state index in [0.717, 1.165) is 24.4 Å².